The van der Waals surface area contributed by atoms with E-state index >= 15 is 0 Å². The van der Waals surface area contributed by atoms with E-state index in [4.69, 9.17) is 9.47 Å². The van der Waals surface area contributed by atoms with Gasteiger partial charge >= 0.3 is 0 Å². The molecule has 0 saturated heterocycles. The Balaban J connectivity index is 2.73. The molecule has 0 saturated carbocycles. The lowest BCUT2D eigenvalue weighted by molar-refractivity contribution is 0.387. The van der Waals surface area contributed by atoms with Gasteiger partial charge in [0.25, 0.3) is 0 Å². The van der Waals surface area contributed by atoms with Crippen LogP contribution in [0.3, 0.4) is 0 Å². The zero-order valence-corrected chi connectivity index (χ0v) is 10.6. The fourth-order valence-corrected chi connectivity index (χ4v) is 1.93. The molecule has 0 heterocycles. The fraction of sp³-hybridized carbons (Fsp3) is 0.125. The number of benzene rings is 2. The molecular weight excluding hydrogens is 224 g/mol. The van der Waals surface area contributed by atoms with Gasteiger partial charge in [-0.15, -0.1) is 0 Å². The van der Waals surface area contributed by atoms with Crippen molar-refractivity contribution < 1.29 is 9.47 Å². The Labute approximate surface area is 107 Å². The van der Waals surface area contributed by atoms with Crippen LogP contribution in [-0.4, -0.2) is 14.2 Å². The molecule has 2 heteroatoms. The lowest BCUT2D eigenvalue weighted by Crippen LogP contribution is -2.27. The minimum absolute atomic E-state index is 1.00. The van der Waals surface area contributed by atoms with Crippen LogP contribution >= 0.6 is 0 Å². The van der Waals surface area contributed by atoms with Gasteiger partial charge in [-0.25, -0.2) is 0 Å². The maximum Gasteiger partial charge on any atom is 0.0910 e. The molecule has 0 aliphatic carbocycles. The Hall–Kier alpha value is -2.22. The summed E-state index contributed by atoms with van der Waals surface area (Å²) in [6, 6.07) is 16.3. The first-order valence-electron chi connectivity index (χ1n) is 5.77. The third-order valence-corrected chi connectivity index (χ3v) is 2.71. The summed E-state index contributed by atoms with van der Waals surface area (Å²) in [6.45, 7) is 0. The average Bonchev–Trinajstić information content (AvgIpc) is 2.42. The number of methoxy groups -OCH3 is 2. The molecule has 2 nitrogen and oxygen atoms in total. The van der Waals surface area contributed by atoms with E-state index in [9.17, 15) is 0 Å². The largest absolute Gasteiger partial charge is 0.504 e. The van der Waals surface area contributed by atoms with Crippen LogP contribution in [0.15, 0.2) is 48.5 Å². The zero-order valence-electron chi connectivity index (χ0n) is 10.6. The Morgan fingerprint density at radius 2 is 1.50 bits per heavy atom. The van der Waals surface area contributed by atoms with Crippen molar-refractivity contribution in [2.45, 2.75) is 0 Å². The molecule has 0 fully saturated rings. The molecule has 2 aromatic rings. The summed E-state index contributed by atoms with van der Waals surface area (Å²) in [5, 5.41) is 2.02. The van der Waals surface area contributed by atoms with Crippen molar-refractivity contribution in [2.24, 2.45) is 0 Å². The molecule has 0 N–H and O–H groups in total. The summed E-state index contributed by atoms with van der Waals surface area (Å²) in [7, 11) is 3.30. The van der Waals surface area contributed by atoms with Gasteiger partial charge in [-0.2, -0.15) is 0 Å². The van der Waals surface area contributed by atoms with Crippen LogP contribution in [0.2, 0.25) is 0 Å². The first kappa shape index (κ1) is 12.2. The molecule has 0 bridgehead atoms. The van der Waals surface area contributed by atoms with Crippen LogP contribution in [0.5, 0.6) is 0 Å². The molecule has 0 radical (unpaired) electrons. The van der Waals surface area contributed by atoms with Crippen LogP contribution < -0.4 is 10.4 Å². The fourth-order valence-electron chi connectivity index (χ4n) is 1.93. The van der Waals surface area contributed by atoms with Crippen molar-refractivity contribution in [2.75, 3.05) is 14.2 Å². The predicted octanol–water partition coefficient (Wildman–Crippen LogP) is 2.12. The summed E-state index contributed by atoms with van der Waals surface area (Å²) in [5.41, 5.74) is 2.29. The maximum absolute atomic E-state index is 5.18. The normalized spacial score (nSPS) is 12.6. The third kappa shape index (κ3) is 2.54. The van der Waals surface area contributed by atoms with Gasteiger partial charge in [0.05, 0.1) is 26.7 Å². The number of hydrogen-bond donors (Lipinski definition) is 0. The molecule has 0 aromatic heterocycles. The van der Waals surface area contributed by atoms with E-state index in [0.29, 0.717) is 0 Å². The highest BCUT2D eigenvalue weighted by molar-refractivity contribution is 5.65. The van der Waals surface area contributed by atoms with Crippen molar-refractivity contribution >= 4 is 12.5 Å². The van der Waals surface area contributed by atoms with Gasteiger partial charge in [0.15, 0.2) is 0 Å². The van der Waals surface area contributed by atoms with Crippen molar-refractivity contribution in [3.8, 4) is 11.1 Å². The van der Waals surface area contributed by atoms with Gasteiger partial charge in [-0.3, -0.25) is 0 Å². The average molecular weight is 240 g/mol. The molecule has 18 heavy (non-hydrogen) atoms. The Kier molecular flexibility index (Phi) is 4.02. The second-order valence-corrected chi connectivity index (χ2v) is 3.88. The first-order chi connectivity index (χ1) is 8.86. The van der Waals surface area contributed by atoms with Crippen LogP contribution in [0.25, 0.3) is 23.7 Å². The Morgan fingerprint density at radius 1 is 0.778 bits per heavy atom. The van der Waals surface area contributed by atoms with Gasteiger partial charge in [-0.05, 0) is 11.1 Å². The zero-order chi connectivity index (χ0) is 12.8. The molecule has 0 amide bonds. The second kappa shape index (κ2) is 5.92. The van der Waals surface area contributed by atoms with Gasteiger partial charge < -0.3 is 9.47 Å². The highest BCUT2D eigenvalue weighted by atomic mass is 16.5. The van der Waals surface area contributed by atoms with Gasteiger partial charge in [-0.1, -0.05) is 48.5 Å². The van der Waals surface area contributed by atoms with E-state index < -0.39 is 0 Å². The van der Waals surface area contributed by atoms with Crippen LogP contribution in [0.1, 0.15) is 0 Å². The number of rotatable bonds is 3. The summed E-state index contributed by atoms with van der Waals surface area (Å²) < 4.78 is 10.3. The van der Waals surface area contributed by atoms with Crippen molar-refractivity contribution in [1.82, 2.24) is 0 Å². The van der Waals surface area contributed by atoms with Crippen LogP contribution in [0, 0.1) is 0 Å². The summed E-state index contributed by atoms with van der Waals surface area (Å²) in [4.78, 5) is 0. The third-order valence-electron chi connectivity index (χ3n) is 2.71. The molecule has 0 unspecified atom stereocenters. The topological polar surface area (TPSA) is 18.5 Å². The van der Waals surface area contributed by atoms with E-state index in [1.165, 1.54) is 0 Å². The number of ether oxygens (including phenoxy) is 2. The van der Waals surface area contributed by atoms with E-state index in [2.05, 4.69) is 18.2 Å². The van der Waals surface area contributed by atoms with Gasteiger partial charge in [0.2, 0.25) is 0 Å². The van der Waals surface area contributed by atoms with Crippen LogP contribution in [0.4, 0.5) is 0 Å². The maximum atomic E-state index is 5.18. The quantitative estimate of drug-likeness (QED) is 0.818. The standard InChI is InChI=1S/C16H16O2/c1-17-11-14-9-6-10-15(16(14)12-18-2)13-7-4-3-5-8-13/h3-12H,1-2H3. The molecule has 0 spiro atoms. The highest BCUT2D eigenvalue weighted by Gasteiger charge is 2.00. The van der Waals surface area contributed by atoms with E-state index in [-0.39, 0.29) is 0 Å². The van der Waals surface area contributed by atoms with E-state index in [1.807, 2.05) is 30.3 Å². The smallest absolute Gasteiger partial charge is 0.0910 e. The molecule has 0 atom stereocenters. The van der Waals surface area contributed by atoms with E-state index in [1.54, 1.807) is 26.7 Å². The van der Waals surface area contributed by atoms with Gasteiger partial charge in [0, 0.05) is 10.4 Å². The van der Waals surface area contributed by atoms with Crippen LogP contribution in [-0.2, 0) is 9.47 Å². The molecular formula is C16H16O2. The molecule has 0 aliphatic rings. The Morgan fingerprint density at radius 3 is 2.17 bits per heavy atom. The highest BCUT2D eigenvalue weighted by Crippen LogP contribution is 2.13. The summed E-state index contributed by atoms with van der Waals surface area (Å²) >= 11 is 0. The summed E-state index contributed by atoms with van der Waals surface area (Å²) in [6.07, 6.45) is 3.46. The SMILES string of the molecule is COC=c1cccc(-c2ccccc2)c1=COC. The van der Waals surface area contributed by atoms with Crippen molar-refractivity contribution in [3.63, 3.8) is 0 Å². The predicted molar refractivity (Wildman–Crippen MR) is 74.1 cm³/mol. The van der Waals surface area contributed by atoms with Crippen molar-refractivity contribution in [1.29, 1.82) is 0 Å². The minimum atomic E-state index is 1.00. The molecule has 2 aromatic carbocycles. The molecule has 2 rings (SSSR count). The second-order valence-electron chi connectivity index (χ2n) is 3.88. The molecule has 0 aliphatic heterocycles. The van der Waals surface area contributed by atoms with Gasteiger partial charge in [0.1, 0.15) is 0 Å². The number of hydrogen-bond acceptors (Lipinski definition) is 2. The lowest BCUT2D eigenvalue weighted by Gasteiger charge is -2.04. The summed E-state index contributed by atoms with van der Waals surface area (Å²) in [5.74, 6) is 0. The monoisotopic (exact) mass is 240 g/mol. The van der Waals surface area contributed by atoms with E-state index in [0.717, 1.165) is 21.6 Å². The molecule has 92 valence electrons. The van der Waals surface area contributed by atoms with Crippen molar-refractivity contribution in [3.05, 3.63) is 59.0 Å². The Bertz CT molecular complexity index is 615. The lowest BCUT2D eigenvalue weighted by atomic mass is 10.0. The first-order valence-corrected chi connectivity index (χ1v) is 5.77. The minimum Gasteiger partial charge on any atom is -0.504 e.